The number of hydrogen-bond donors (Lipinski definition) is 1. The van der Waals surface area contributed by atoms with Gasteiger partial charge in [0.2, 0.25) is 5.91 Å². The molecular weight excluding hydrogens is 453 g/mol. The highest BCUT2D eigenvalue weighted by Crippen LogP contribution is 2.36. The zero-order chi connectivity index (χ0) is 24.3. The summed E-state index contributed by atoms with van der Waals surface area (Å²) in [4.78, 5) is 30.9. The average Bonchev–Trinajstić information content (AvgIpc) is 3.38. The number of furan rings is 1. The largest absolute Gasteiger partial charge is 0.459 e. The van der Waals surface area contributed by atoms with Gasteiger partial charge in [-0.25, -0.2) is 0 Å². The fourth-order valence-corrected chi connectivity index (χ4v) is 4.16. The first-order valence-electron chi connectivity index (χ1n) is 11.2. The van der Waals surface area contributed by atoms with Gasteiger partial charge in [-0.05, 0) is 37.3 Å². The SMILES string of the molecule is C[C@@H](C(=O)Nc1cc(C(F)(F)F)ccc1N1CCOCC1)N1CCN(C(=O)c2ccco2)CC1. The maximum absolute atomic E-state index is 13.3. The number of amides is 2. The van der Waals surface area contributed by atoms with E-state index in [2.05, 4.69) is 5.32 Å². The maximum atomic E-state index is 13.3. The van der Waals surface area contributed by atoms with E-state index >= 15 is 0 Å². The number of ether oxygens (including phenoxy) is 1. The first-order chi connectivity index (χ1) is 16.2. The van der Waals surface area contributed by atoms with Crippen LogP contribution < -0.4 is 10.2 Å². The Morgan fingerprint density at radius 1 is 1.03 bits per heavy atom. The molecule has 0 bridgehead atoms. The van der Waals surface area contributed by atoms with Crippen LogP contribution in [0.3, 0.4) is 0 Å². The fourth-order valence-electron chi connectivity index (χ4n) is 4.16. The molecular formula is C23H27F3N4O4. The highest BCUT2D eigenvalue weighted by molar-refractivity contribution is 5.98. The van der Waals surface area contributed by atoms with E-state index in [9.17, 15) is 22.8 Å². The van der Waals surface area contributed by atoms with Crippen molar-refractivity contribution in [2.24, 2.45) is 0 Å². The molecule has 2 aliphatic heterocycles. The molecule has 2 saturated heterocycles. The summed E-state index contributed by atoms with van der Waals surface area (Å²) in [6.45, 7) is 5.43. The third-order valence-electron chi connectivity index (χ3n) is 6.19. The van der Waals surface area contributed by atoms with Crippen LogP contribution in [0.25, 0.3) is 0 Å². The molecule has 2 aromatic rings. The van der Waals surface area contributed by atoms with E-state index in [1.165, 1.54) is 12.3 Å². The molecule has 1 N–H and O–H groups in total. The van der Waals surface area contributed by atoms with Gasteiger partial charge in [0.25, 0.3) is 5.91 Å². The lowest BCUT2D eigenvalue weighted by Crippen LogP contribution is -2.54. The summed E-state index contributed by atoms with van der Waals surface area (Å²) >= 11 is 0. The van der Waals surface area contributed by atoms with Gasteiger partial charge in [-0.15, -0.1) is 0 Å². The Balaban J connectivity index is 1.43. The molecule has 184 valence electrons. The average molecular weight is 480 g/mol. The van der Waals surface area contributed by atoms with E-state index < -0.39 is 23.7 Å². The summed E-state index contributed by atoms with van der Waals surface area (Å²) in [6, 6.07) is 6.07. The van der Waals surface area contributed by atoms with Crippen molar-refractivity contribution in [1.82, 2.24) is 9.80 Å². The first kappa shape index (κ1) is 24.1. The Morgan fingerprint density at radius 3 is 2.35 bits per heavy atom. The molecule has 0 spiro atoms. The number of anilines is 2. The Bertz CT molecular complexity index is 998. The van der Waals surface area contributed by atoms with Gasteiger partial charge in [-0.2, -0.15) is 13.2 Å². The smallest absolute Gasteiger partial charge is 0.416 e. The van der Waals surface area contributed by atoms with Crippen molar-refractivity contribution in [1.29, 1.82) is 0 Å². The van der Waals surface area contributed by atoms with E-state index in [1.54, 1.807) is 24.0 Å². The molecule has 11 heteroatoms. The highest BCUT2D eigenvalue weighted by atomic mass is 19.4. The lowest BCUT2D eigenvalue weighted by Gasteiger charge is -2.37. The molecule has 1 aromatic carbocycles. The molecule has 0 radical (unpaired) electrons. The summed E-state index contributed by atoms with van der Waals surface area (Å²) in [5, 5.41) is 2.72. The Labute approximate surface area is 195 Å². The third-order valence-corrected chi connectivity index (χ3v) is 6.19. The number of morpholine rings is 1. The molecule has 0 unspecified atom stereocenters. The number of halogens is 3. The molecule has 3 heterocycles. The number of rotatable bonds is 5. The highest BCUT2D eigenvalue weighted by Gasteiger charge is 2.33. The quantitative estimate of drug-likeness (QED) is 0.709. The van der Waals surface area contributed by atoms with Gasteiger partial charge in [-0.1, -0.05) is 0 Å². The van der Waals surface area contributed by atoms with Crippen LogP contribution in [0.5, 0.6) is 0 Å². The zero-order valence-corrected chi connectivity index (χ0v) is 18.8. The number of nitrogens with zero attached hydrogens (tertiary/aromatic N) is 3. The Hall–Kier alpha value is -3.05. The van der Waals surface area contributed by atoms with Gasteiger partial charge in [0, 0.05) is 39.3 Å². The second kappa shape index (κ2) is 10.1. The minimum atomic E-state index is -4.52. The maximum Gasteiger partial charge on any atom is 0.416 e. The van der Waals surface area contributed by atoms with Crippen LogP contribution in [0.2, 0.25) is 0 Å². The van der Waals surface area contributed by atoms with Crippen molar-refractivity contribution in [3.8, 4) is 0 Å². The van der Waals surface area contributed by atoms with Crippen LogP contribution in [0.1, 0.15) is 23.0 Å². The van der Waals surface area contributed by atoms with Crippen molar-refractivity contribution in [2.75, 3.05) is 62.7 Å². The first-order valence-corrected chi connectivity index (χ1v) is 11.2. The van der Waals surface area contributed by atoms with Crippen molar-refractivity contribution in [3.63, 3.8) is 0 Å². The molecule has 2 fully saturated rings. The molecule has 2 aliphatic rings. The van der Waals surface area contributed by atoms with Crippen molar-refractivity contribution in [3.05, 3.63) is 47.9 Å². The summed E-state index contributed by atoms with van der Waals surface area (Å²) in [6.07, 6.45) is -3.08. The van der Waals surface area contributed by atoms with Crippen molar-refractivity contribution >= 4 is 23.2 Å². The fraction of sp³-hybridized carbons (Fsp3) is 0.478. The predicted octanol–water partition coefficient (Wildman–Crippen LogP) is 2.92. The van der Waals surface area contributed by atoms with Gasteiger partial charge < -0.3 is 24.3 Å². The summed E-state index contributed by atoms with van der Waals surface area (Å²) in [7, 11) is 0. The van der Waals surface area contributed by atoms with E-state index in [0.29, 0.717) is 58.2 Å². The number of piperazine rings is 1. The molecule has 0 saturated carbocycles. The van der Waals surface area contributed by atoms with Crippen LogP contribution in [0.4, 0.5) is 24.5 Å². The monoisotopic (exact) mass is 480 g/mol. The third kappa shape index (κ3) is 5.36. The minimum Gasteiger partial charge on any atom is -0.459 e. The van der Waals surface area contributed by atoms with Gasteiger partial charge in [0.05, 0.1) is 42.5 Å². The van der Waals surface area contributed by atoms with Crippen LogP contribution in [-0.4, -0.2) is 80.1 Å². The number of hydrogen-bond acceptors (Lipinski definition) is 6. The van der Waals surface area contributed by atoms with Crippen LogP contribution in [0.15, 0.2) is 41.0 Å². The number of alkyl halides is 3. The minimum absolute atomic E-state index is 0.125. The second-order valence-electron chi connectivity index (χ2n) is 8.30. The number of benzene rings is 1. The Kier molecular flexibility index (Phi) is 7.13. The molecule has 0 aliphatic carbocycles. The lowest BCUT2D eigenvalue weighted by molar-refractivity contribution is -0.137. The Morgan fingerprint density at radius 2 is 1.74 bits per heavy atom. The molecule has 1 aromatic heterocycles. The summed E-state index contributed by atoms with van der Waals surface area (Å²) < 4.78 is 50.5. The van der Waals surface area contributed by atoms with E-state index in [4.69, 9.17) is 9.15 Å². The number of nitrogens with one attached hydrogen (secondary N) is 1. The summed E-state index contributed by atoms with van der Waals surface area (Å²) in [5.41, 5.74) is -0.163. The molecule has 34 heavy (non-hydrogen) atoms. The van der Waals surface area contributed by atoms with E-state index in [-0.39, 0.29) is 17.4 Å². The van der Waals surface area contributed by atoms with Crippen LogP contribution in [0, 0.1) is 0 Å². The second-order valence-corrected chi connectivity index (χ2v) is 8.30. The van der Waals surface area contributed by atoms with Crippen molar-refractivity contribution in [2.45, 2.75) is 19.1 Å². The van der Waals surface area contributed by atoms with Gasteiger partial charge >= 0.3 is 6.18 Å². The van der Waals surface area contributed by atoms with E-state index in [1.807, 2.05) is 9.80 Å². The summed E-state index contributed by atoms with van der Waals surface area (Å²) in [5.74, 6) is -0.347. The van der Waals surface area contributed by atoms with Gasteiger partial charge in [0.15, 0.2) is 5.76 Å². The molecule has 1 atom stereocenters. The lowest BCUT2D eigenvalue weighted by atomic mass is 10.1. The number of carbonyl (C=O) groups excluding carboxylic acids is 2. The number of carbonyl (C=O) groups is 2. The normalized spacial score (nSPS) is 18.6. The van der Waals surface area contributed by atoms with E-state index in [0.717, 1.165) is 12.1 Å². The van der Waals surface area contributed by atoms with Crippen LogP contribution >= 0.6 is 0 Å². The van der Waals surface area contributed by atoms with Crippen LogP contribution in [-0.2, 0) is 15.7 Å². The molecule has 2 amide bonds. The molecule has 4 rings (SSSR count). The predicted molar refractivity (Wildman–Crippen MR) is 119 cm³/mol. The standard InChI is InChI=1S/C23H27F3N4O4/c1-16(28-6-8-30(9-7-28)22(32)20-3-2-12-34-20)21(31)27-18-15-17(23(24,25)26)4-5-19(18)29-10-13-33-14-11-29/h2-5,12,15-16H,6-11,13-14H2,1H3,(H,27,31)/t16-/m0/s1. The van der Waals surface area contributed by atoms with Gasteiger partial charge in [0.1, 0.15) is 0 Å². The molecule has 8 nitrogen and oxygen atoms in total. The zero-order valence-electron chi connectivity index (χ0n) is 18.8. The van der Waals surface area contributed by atoms with Gasteiger partial charge in [-0.3, -0.25) is 14.5 Å². The topological polar surface area (TPSA) is 78.3 Å². The van der Waals surface area contributed by atoms with Crippen molar-refractivity contribution < 1.29 is 31.9 Å².